The zero-order valence-corrected chi connectivity index (χ0v) is 24.4. The summed E-state index contributed by atoms with van der Waals surface area (Å²) in [6, 6.07) is 12.0. The van der Waals surface area contributed by atoms with Gasteiger partial charge in [-0.1, -0.05) is 44.2 Å². The van der Waals surface area contributed by atoms with Crippen LogP contribution in [0.25, 0.3) is 0 Å². The van der Waals surface area contributed by atoms with Crippen LogP contribution in [-0.4, -0.2) is 77.2 Å². The number of nitrogens with two attached hydrogens (primary N) is 2. The lowest BCUT2D eigenvalue weighted by molar-refractivity contribution is -0.309. The monoisotopic (exact) mass is 596 g/mol. The molecule has 2 aromatic rings. The number of rotatable bonds is 10. The van der Waals surface area contributed by atoms with E-state index in [0.717, 1.165) is 11.9 Å². The number of esters is 2. The highest BCUT2D eigenvalue weighted by Crippen LogP contribution is 2.41. The third-order valence-electron chi connectivity index (χ3n) is 6.63. The molecule has 0 bridgehead atoms. The van der Waals surface area contributed by atoms with Crippen molar-refractivity contribution in [3.63, 3.8) is 0 Å². The number of aliphatic hydroxyl groups is 1. The molecule has 1 aliphatic heterocycles. The van der Waals surface area contributed by atoms with Crippen molar-refractivity contribution in [2.45, 2.75) is 70.1 Å². The van der Waals surface area contributed by atoms with Crippen molar-refractivity contribution in [3.8, 4) is 6.07 Å². The number of H-pyrrole nitrogens is 1. The fourth-order valence-electron chi connectivity index (χ4n) is 4.31. The number of amidine groups is 1. The molecule has 8 N–H and O–H groups in total. The van der Waals surface area contributed by atoms with Gasteiger partial charge < -0.3 is 41.1 Å². The van der Waals surface area contributed by atoms with E-state index in [2.05, 4.69) is 20.3 Å². The standard InChI is InChI=1S/C29H37N7O7/c1-16(2)23(32)27(39)42-24-20(13-41-22(37)12-18-8-6-5-7-9-18)43-29(14-30,25(24)38)21-11-10-19(35-21)26(33-15-31)36-28(40)34-17(3)4/h5-11,15-17,20,23-25,35,38H,12-13,32H2,1-4H3,(H3,31,33,34,36,40)/p+1/t20-,23+,24-,25-,29+/m1/s1. The number of urea groups is 1. The zero-order chi connectivity index (χ0) is 31.7. The second kappa shape index (κ2) is 14.5. The minimum absolute atomic E-state index is 0.0183. The van der Waals surface area contributed by atoms with E-state index >= 15 is 0 Å². The summed E-state index contributed by atoms with van der Waals surface area (Å²) in [7, 11) is 0. The largest absolute Gasteiger partial charge is 0.463 e. The Balaban J connectivity index is 1.92. The van der Waals surface area contributed by atoms with E-state index in [4.69, 9.17) is 25.7 Å². The number of nitriles is 1. The number of carbonyl (C=O) groups excluding carboxylic acids is 3. The number of nitrogens with zero attached hydrogens (tertiary/aromatic N) is 2. The van der Waals surface area contributed by atoms with Gasteiger partial charge in [0.05, 0.1) is 12.1 Å². The van der Waals surface area contributed by atoms with Gasteiger partial charge in [-0.2, -0.15) is 5.26 Å². The molecule has 2 amide bonds. The van der Waals surface area contributed by atoms with E-state index in [1.807, 2.05) is 12.1 Å². The molecule has 0 aliphatic carbocycles. The second-order valence-corrected chi connectivity index (χ2v) is 10.6. The predicted molar refractivity (Wildman–Crippen MR) is 154 cm³/mol. The van der Waals surface area contributed by atoms with Crippen molar-refractivity contribution in [3.05, 3.63) is 59.4 Å². The number of nitrogens with one attached hydrogen (secondary N) is 3. The van der Waals surface area contributed by atoms with Crippen molar-refractivity contribution in [1.29, 1.82) is 5.26 Å². The molecular weight excluding hydrogens is 558 g/mol. The molecule has 1 aromatic carbocycles. The first kappa shape index (κ1) is 32.9. The fraction of sp³-hybridized carbons (Fsp3) is 0.448. The second-order valence-electron chi connectivity index (χ2n) is 10.6. The van der Waals surface area contributed by atoms with Crippen molar-refractivity contribution in [1.82, 2.24) is 10.3 Å². The number of hydrogen-bond donors (Lipinski definition) is 6. The first-order valence-electron chi connectivity index (χ1n) is 13.7. The summed E-state index contributed by atoms with van der Waals surface area (Å²) in [6.45, 7) is 6.56. The van der Waals surface area contributed by atoms with Crippen molar-refractivity contribution in [2.24, 2.45) is 22.4 Å². The van der Waals surface area contributed by atoms with Gasteiger partial charge in [0.1, 0.15) is 36.6 Å². The summed E-state index contributed by atoms with van der Waals surface area (Å²) >= 11 is 0. The number of amides is 2. The molecule has 0 unspecified atom stereocenters. The first-order chi connectivity index (χ1) is 20.4. The van der Waals surface area contributed by atoms with Gasteiger partial charge in [-0.05, 0) is 42.5 Å². The van der Waals surface area contributed by atoms with Gasteiger partial charge in [-0.3, -0.25) is 9.59 Å². The Kier molecular flexibility index (Phi) is 11.1. The smallest absolute Gasteiger partial charge is 0.414 e. The van der Waals surface area contributed by atoms with Crippen molar-refractivity contribution >= 4 is 30.1 Å². The predicted octanol–water partition coefficient (Wildman–Crippen LogP) is -0.894. The molecule has 14 heteroatoms. The number of aromatic nitrogens is 1. The van der Waals surface area contributed by atoms with Crippen LogP contribution in [-0.2, 0) is 35.8 Å². The molecule has 1 aromatic heterocycles. The highest BCUT2D eigenvalue weighted by atomic mass is 16.6. The summed E-state index contributed by atoms with van der Waals surface area (Å²) in [5.74, 6) is -1.67. The van der Waals surface area contributed by atoms with Gasteiger partial charge in [-0.25, -0.2) is 9.79 Å². The highest BCUT2D eigenvalue weighted by molar-refractivity contribution is 5.98. The Labute approximate surface area is 249 Å². The van der Waals surface area contributed by atoms with Gasteiger partial charge in [-0.15, -0.1) is 0 Å². The average Bonchev–Trinajstić information content (AvgIpc) is 3.55. The molecule has 5 atom stereocenters. The van der Waals surface area contributed by atoms with Gasteiger partial charge in [0.25, 0.3) is 5.84 Å². The normalized spacial score (nSPS) is 22.9. The maximum atomic E-state index is 12.8. The van der Waals surface area contributed by atoms with Crippen molar-refractivity contribution < 1.29 is 38.7 Å². The Morgan fingerprint density at radius 2 is 1.93 bits per heavy atom. The maximum Gasteiger partial charge on any atom is 0.414 e. The number of aliphatic imine (C=N–C) groups is 1. The summed E-state index contributed by atoms with van der Waals surface area (Å²) in [5, 5.41) is 24.4. The molecular formula is C29H38N7O7+. The lowest BCUT2D eigenvalue weighted by atomic mass is 9.92. The molecule has 1 fully saturated rings. The van der Waals surface area contributed by atoms with Crippen LogP contribution in [0, 0.1) is 17.2 Å². The molecule has 1 aliphatic rings. The first-order valence-corrected chi connectivity index (χ1v) is 13.7. The van der Waals surface area contributed by atoms with E-state index in [9.17, 15) is 24.8 Å². The summed E-state index contributed by atoms with van der Waals surface area (Å²) < 4.78 is 17.0. The molecule has 43 heavy (non-hydrogen) atoms. The van der Waals surface area contributed by atoms with Crippen LogP contribution >= 0.6 is 0 Å². The third kappa shape index (κ3) is 8.04. The molecule has 0 radical (unpaired) electrons. The number of benzene rings is 1. The Morgan fingerprint density at radius 3 is 2.53 bits per heavy atom. The minimum atomic E-state index is -2.10. The van der Waals surface area contributed by atoms with Crippen molar-refractivity contribution in [2.75, 3.05) is 6.61 Å². The van der Waals surface area contributed by atoms with E-state index in [-0.39, 0.29) is 35.6 Å². The fourth-order valence-corrected chi connectivity index (χ4v) is 4.31. The molecule has 0 spiro atoms. The molecule has 3 rings (SSSR count). The quantitative estimate of drug-likeness (QED) is 0.113. The Bertz CT molecular complexity index is 1380. The average molecular weight is 597 g/mol. The lowest BCUT2D eigenvalue weighted by Crippen LogP contribution is -2.76. The summed E-state index contributed by atoms with van der Waals surface area (Å²) in [4.78, 5) is 47.2. The number of carbonyl (C=O) groups is 3. The van der Waals surface area contributed by atoms with Gasteiger partial charge in [0.15, 0.2) is 12.4 Å². The zero-order valence-electron chi connectivity index (χ0n) is 24.4. The maximum absolute atomic E-state index is 12.8. The van der Waals surface area contributed by atoms with E-state index in [1.165, 1.54) is 12.1 Å². The van der Waals surface area contributed by atoms with Gasteiger partial charge in [0, 0.05) is 6.04 Å². The Hall–Kier alpha value is -4.58. The van der Waals surface area contributed by atoms with Crippen LogP contribution in [0.4, 0.5) is 4.79 Å². The van der Waals surface area contributed by atoms with E-state index < -0.39 is 54.5 Å². The van der Waals surface area contributed by atoms with Crippen LogP contribution < -0.4 is 21.8 Å². The number of aromatic amines is 1. The van der Waals surface area contributed by atoms with Gasteiger partial charge >= 0.3 is 18.0 Å². The van der Waals surface area contributed by atoms with Crippen LogP contribution in [0.1, 0.15) is 44.6 Å². The topological polar surface area (TPSA) is 229 Å². The SMILES string of the molecule is CC(C)NC(=O)/N=C(\[NH+]=CN)c1ccc([C@]2(C#N)O[C@H](COC(=O)Cc3ccccc3)[C@@H](OC(=O)[C@@H](N)C(C)C)[C@H]2O)[nH]1. The minimum Gasteiger partial charge on any atom is -0.463 e. The van der Waals surface area contributed by atoms with Crippen LogP contribution in [0.5, 0.6) is 0 Å². The molecule has 14 nitrogen and oxygen atoms in total. The van der Waals surface area contributed by atoms with Crippen LogP contribution in [0.15, 0.2) is 47.5 Å². The number of ether oxygens (including phenoxy) is 3. The highest BCUT2D eigenvalue weighted by Gasteiger charge is 2.59. The molecule has 0 saturated carbocycles. The number of aliphatic hydroxyl groups excluding tert-OH is 1. The Morgan fingerprint density at radius 1 is 1.23 bits per heavy atom. The third-order valence-corrected chi connectivity index (χ3v) is 6.63. The molecule has 230 valence electrons. The molecule has 2 heterocycles. The van der Waals surface area contributed by atoms with E-state index in [0.29, 0.717) is 0 Å². The van der Waals surface area contributed by atoms with Gasteiger partial charge in [0.2, 0.25) is 5.60 Å². The summed E-state index contributed by atoms with van der Waals surface area (Å²) in [5.41, 5.74) is 10.4. The molecule has 1 saturated heterocycles. The van der Waals surface area contributed by atoms with E-state index in [1.54, 1.807) is 52.0 Å². The number of hydrogen-bond acceptors (Lipinski definition) is 9. The lowest BCUT2D eigenvalue weighted by Gasteiger charge is -2.25. The van der Waals surface area contributed by atoms with Crippen LogP contribution in [0.2, 0.25) is 0 Å². The van der Waals surface area contributed by atoms with Crippen LogP contribution in [0.3, 0.4) is 0 Å². The summed E-state index contributed by atoms with van der Waals surface area (Å²) in [6.07, 6.45) is -3.35.